The molecule has 3 rings (SSSR count). The number of rotatable bonds is 4. The third kappa shape index (κ3) is 3.64. The van der Waals surface area contributed by atoms with Gasteiger partial charge in [-0.3, -0.25) is 0 Å². The maximum absolute atomic E-state index is 11.6. The predicted molar refractivity (Wildman–Crippen MR) is 93.5 cm³/mol. The van der Waals surface area contributed by atoms with Gasteiger partial charge in [0.05, 0.1) is 23.4 Å². The van der Waals surface area contributed by atoms with E-state index in [1.165, 1.54) is 12.1 Å². The van der Waals surface area contributed by atoms with E-state index in [1.807, 2.05) is 13.0 Å². The monoisotopic (exact) mass is 331 g/mol. The highest BCUT2D eigenvalue weighted by Gasteiger charge is 2.20. The van der Waals surface area contributed by atoms with Crippen LogP contribution in [-0.2, 0) is 4.74 Å². The third-order valence-electron chi connectivity index (χ3n) is 4.16. The Balaban J connectivity index is 1.58. The molecule has 0 spiro atoms. The van der Waals surface area contributed by atoms with E-state index >= 15 is 0 Å². The van der Waals surface area contributed by atoms with Crippen molar-refractivity contribution in [1.82, 2.24) is 4.98 Å². The van der Waals surface area contributed by atoms with Crippen molar-refractivity contribution in [2.75, 3.05) is 30.4 Å². The lowest BCUT2D eigenvalue weighted by atomic mass is 10.1. The van der Waals surface area contributed by atoms with E-state index in [-0.39, 0.29) is 5.97 Å². The van der Waals surface area contributed by atoms with Gasteiger partial charge in [0.2, 0.25) is 0 Å². The van der Waals surface area contributed by atoms with Crippen molar-refractivity contribution in [1.29, 1.82) is 0 Å². The van der Waals surface area contributed by atoms with Crippen molar-refractivity contribution in [3.63, 3.8) is 0 Å². The van der Waals surface area contributed by atoms with Crippen LogP contribution in [0.25, 0.3) is 0 Å². The lowest BCUT2D eigenvalue weighted by Crippen LogP contribution is -2.38. The quantitative estimate of drug-likeness (QED) is 0.871. The van der Waals surface area contributed by atoms with E-state index in [1.54, 1.807) is 17.4 Å². The Labute approximate surface area is 140 Å². The third-order valence-corrected chi connectivity index (χ3v) is 5.08. The predicted octanol–water partition coefficient (Wildman–Crippen LogP) is 3.32. The standard InChI is InChI=1S/C17H21N3O2S/c1-12-14(17(21)22-2)5-6-15(18-12)19-13-7-9-20(10-8-13)16-4-3-11-23-16/h3-6,11,13H,7-10H2,1-2H3,(H,18,19). The van der Waals surface area contributed by atoms with Crippen LogP contribution in [0.5, 0.6) is 0 Å². The van der Waals surface area contributed by atoms with Gasteiger partial charge in [-0.1, -0.05) is 0 Å². The van der Waals surface area contributed by atoms with Gasteiger partial charge in [-0.25, -0.2) is 9.78 Å². The normalized spacial score (nSPS) is 15.5. The molecular formula is C17H21N3O2S. The molecule has 2 aromatic heterocycles. The summed E-state index contributed by atoms with van der Waals surface area (Å²) in [7, 11) is 1.38. The van der Waals surface area contributed by atoms with E-state index in [2.05, 4.69) is 32.7 Å². The average molecular weight is 331 g/mol. The molecule has 2 aromatic rings. The molecule has 0 radical (unpaired) electrons. The number of ether oxygens (including phenoxy) is 1. The van der Waals surface area contributed by atoms with Crippen LogP contribution in [0.2, 0.25) is 0 Å². The molecule has 23 heavy (non-hydrogen) atoms. The number of hydrogen-bond donors (Lipinski definition) is 1. The molecule has 1 N–H and O–H groups in total. The first-order chi connectivity index (χ1) is 11.2. The second kappa shape index (κ2) is 7.00. The van der Waals surface area contributed by atoms with Crippen molar-refractivity contribution >= 4 is 28.1 Å². The summed E-state index contributed by atoms with van der Waals surface area (Å²) in [5.74, 6) is 0.482. The molecule has 5 nitrogen and oxygen atoms in total. The maximum atomic E-state index is 11.6. The Kier molecular flexibility index (Phi) is 4.81. The molecule has 1 aliphatic heterocycles. The van der Waals surface area contributed by atoms with Crippen LogP contribution >= 0.6 is 11.3 Å². The van der Waals surface area contributed by atoms with E-state index in [0.29, 0.717) is 17.3 Å². The van der Waals surface area contributed by atoms with Gasteiger partial charge >= 0.3 is 5.97 Å². The Morgan fingerprint density at radius 2 is 2.13 bits per heavy atom. The number of aromatic nitrogens is 1. The summed E-state index contributed by atoms with van der Waals surface area (Å²) in [6.45, 7) is 3.94. The smallest absolute Gasteiger partial charge is 0.339 e. The summed E-state index contributed by atoms with van der Waals surface area (Å²) < 4.78 is 4.75. The second-order valence-corrected chi connectivity index (χ2v) is 6.60. The van der Waals surface area contributed by atoms with Gasteiger partial charge in [0.15, 0.2) is 0 Å². The molecule has 122 valence electrons. The van der Waals surface area contributed by atoms with Gasteiger partial charge in [0.1, 0.15) is 5.82 Å². The van der Waals surface area contributed by atoms with Crippen molar-refractivity contribution < 1.29 is 9.53 Å². The SMILES string of the molecule is COC(=O)c1ccc(NC2CCN(c3cccs3)CC2)nc1C. The van der Waals surface area contributed by atoms with Crippen LogP contribution < -0.4 is 10.2 Å². The maximum Gasteiger partial charge on any atom is 0.339 e. The molecule has 0 bridgehead atoms. The number of carbonyl (C=O) groups excluding carboxylic acids is 1. The summed E-state index contributed by atoms with van der Waals surface area (Å²) in [5.41, 5.74) is 1.21. The van der Waals surface area contributed by atoms with Crippen LogP contribution in [0.3, 0.4) is 0 Å². The second-order valence-electron chi connectivity index (χ2n) is 5.68. The highest BCUT2D eigenvalue weighted by Crippen LogP contribution is 2.26. The number of nitrogens with zero attached hydrogens (tertiary/aromatic N) is 2. The molecule has 0 unspecified atom stereocenters. The van der Waals surface area contributed by atoms with Crippen LogP contribution in [0.15, 0.2) is 29.6 Å². The van der Waals surface area contributed by atoms with Crippen molar-refractivity contribution in [3.8, 4) is 0 Å². The average Bonchev–Trinajstić information content (AvgIpc) is 3.09. The summed E-state index contributed by atoms with van der Waals surface area (Å²) >= 11 is 1.79. The van der Waals surface area contributed by atoms with Gasteiger partial charge in [0, 0.05) is 19.1 Å². The first-order valence-corrected chi connectivity index (χ1v) is 8.66. The Bertz CT molecular complexity index is 664. The molecule has 0 aromatic carbocycles. The zero-order valence-corrected chi connectivity index (χ0v) is 14.2. The molecule has 0 amide bonds. The summed E-state index contributed by atoms with van der Waals surface area (Å²) in [5, 5.41) is 6.95. The van der Waals surface area contributed by atoms with Gasteiger partial charge in [0.25, 0.3) is 0 Å². The number of pyridine rings is 1. The first kappa shape index (κ1) is 15.8. The summed E-state index contributed by atoms with van der Waals surface area (Å²) in [6, 6.07) is 8.32. The molecular weight excluding hydrogens is 310 g/mol. The fourth-order valence-electron chi connectivity index (χ4n) is 2.87. The molecule has 1 saturated heterocycles. The van der Waals surface area contributed by atoms with E-state index < -0.39 is 0 Å². The lowest BCUT2D eigenvalue weighted by molar-refractivity contribution is 0.0599. The lowest BCUT2D eigenvalue weighted by Gasteiger charge is -2.33. The van der Waals surface area contributed by atoms with Gasteiger partial charge in [-0.2, -0.15) is 0 Å². The molecule has 1 aliphatic rings. The molecule has 0 aliphatic carbocycles. The number of aryl methyl sites for hydroxylation is 1. The number of carbonyl (C=O) groups is 1. The number of piperidine rings is 1. The van der Waals surface area contributed by atoms with Crippen LogP contribution in [0.4, 0.5) is 10.8 Å². The van der Waals surface area contributed by atoms with Gasteiger partial charge < -0.3 is 15.0 Å². The number of nitrogens with one attached hydrogen (secondary N) is 1. The minimum atomic E-state index is -0.342. The van der Waals surface area contributed by atoms with Gasteiger partial charge in [-0.15, -0.1) is 11.3 Å². The number of anilines is 2. The minimum Gasteiger partial charge on any atom is -0.465 e. The minimum absolute atomic E-state index is 0.342. The van der Waals surface area contributed by atoms with Crippen molar-refractivity contribution in [3.05, 3.63) is 40.9 Å². The molecule has 3 heterocycles. The Morgan fingerprint density at radius 3 is 2.74 bits per heavy atom. The molecule has 0 atom stereocenters. The highest BCUT2D eigenvalue weighted by molar-refractivity contribution is 7.14. The van der Waals surface area contributed by atoms with E-state index in [9.17, 15) is 4.79 Å². The van der Waals surface area contributed by atoms with Crippen LogP contribution in [0, 0.1) is 6.92 Å². The molecule has 1 fully saturated rings. The van der Waals surface area contributed by atoms with E-state index in [4.69, 9.17) is 4.74 Å². The molecule has 0 saturated carbocycles. The number of methoxy groups -OCH3 is 1. The number of hydrogen-bond acceptors (Lipinski definition) is 6. The van der Waals surface area contributed by atoms with Crippen LogP contribution in [-0.4, -0.2) is 37.2 Å². The Hall–Kier alpha value is -2.08. The topological polar surface area (TPSA) is 54.5 Å². The fraction of sp³-hybridized carbons (Fsp3) is 0.412. The van der Waals surface area contributed by atoms with Crippen molar-refractivity contribution in [2.45, 2.75) is 25.8 Å². The molecule has 6 heteroatoms. The largest absolute Gasteiger partial charge is 0.465 e. The zero-order valence-electron chi connectivity index (χ0n) is 13.4. The first-order valence-electron chi connectivity index (χ1n) is 7.78. The zero-order chi connectivity index (χ0) is 16.2. The van der Waals surface area contributed by atoms with Crippen molar-refractivity contribution in [2.24, 2.45) is 0 Å². The van der Waals surface area contributed by atoms with E-state index in [0.717, 1.165) is 31.7 Å². The number of esters is 1. The number of thiophene rings is 1. The highest BCUT2D eigenvalue weighted by atomic mass is 32.1. The summed E-state index contributed by atoms with van der Waals surface area (Å²) in [6.07, 6.45) is 2.16. The summed E-state index contributed by atoms with van der Waals surface area (Å²) in [4.78, 5) is 18.5. The van der Waals surface area contributed by atoms with Crippen LogP contribution in [0.1, 0.15) is 28.9 Å². The Morgan fingerprint density at radius 1 is 1.35 bits per heavy atom. The fourth-order valence-corrected chi connectivity index (χ4v) is 3.66. The van der Waals surface area contributed by atoms with Gasteiger partial charge in [-0.05, 0) is 49.4 Å².